The fourth-order valence-electron chi connectivity index (χ4n) is 2.73. The maximum atomic E-state index is 12.6. The van der Waals surface area contributed by atoms with Crippen LogP contribution < -0.4 is 5.32 Å². The Balaban J connectivity index is 0.00000144. The number of rotatable bonds is 5. The molecular weight excluding hydrogens is 369 g/mol. The number of hydrogen-bond acceptors (Lipinski definition) is 5. The van der Waals surface area contributed by atoms with E-state index in [1.54, 1.807) is 12.5 Å². The first-order valence-electron chi connectivity index (χ1n) is 7.77. The maximum absolute atomic E-state index is 12.6. The Morgan fingerprint density at radius 1 is 1.42 bits per heavy atom. The number of thiazole rings is 1. The summed E-state index contributed by atoms with van der Waals surface area (Å²) in [6, 6.07) is 3.69. The molecule has 1 saturated heterocycles. The van der Waals surface area contributed by atoms with Gasteiger partial charge in [0.25, 0.3) is 5.91 Å². The summed E-state index contributed by atoms with van der Waals surface area (Å²) in [5, 5.41) is 4.15. The number of halogens is 2. The van der Waals surface area contributed by atoms with E-state index in [4.69, 9.17) is 4.42 Å². The van der Waals surface area contributed by atoms with Gasteiger partial charge < -0.3 is 14.6 Å². The Morgan fingerprint density at radius 2 is 2.17 bits per heavy atom. The molecule has 1 aliphatic heterocycles. The van der Waals surface area contributed by atoms with Gasteiger partial charge in [0.1, 0.15) is 4.88 Å². The minimum Gasteiger partial charge on any atom is -0.462 e. The number of furan rings is 1. The normalized spacial score (nSPS) is 14.8. The van der Waals surface area contributed by atoms with Crippen molar-refractivity contribution in [1.82, 2.24) is 15.2 Å². The summed E-state index contributed by atoms with van der Waals surface area (Å²) < 4.78 is 5.33. The molecule has 1 amide bonds. The molecule has 3 heterocycles. The van der Waals surface area contributed by atoms with Crippen molar-refractivity contribution in [2.45, 2.75) is 19.8 Å². The molecule has 0 aromatic carbocycles. The van der Waals surface area contributed by atoms with E-state index in [1.165, 1.54) is 11.3 Å². The minimum atomic E-state index is 0. The third-order valence-electron chi connectivity index (χ3n) is 4.03. The van der Waals surface area contributed by atoms with Crippen LogP contribution in [0.1, 0.15) is 29.4 Å². The summed E-state index contributed by atoms with van der Waals surface area (Å²) in [5.74, 6) is 1.50. The van der Waals surface area contributed by atoms with Crippen LogP contribution in [0.2, 0.25) is 0 Å². The van der Waals surface area contributed by atoms with Gasteiger partial charge in [0, 0.05) is 13.1 Å². The summed E-state index contributed by atoms with van der Waals surface area (Å²) >= 11 is 1.40. The average Bonchev–Trinajstić information content (AvgIpc) is 3.23. The van der Waals surface area contributed by atoms with E-state index >= 15 is 0 Å². The maximum Gasteiger partial charge on any atom is 0.265 e. The number of carbonyl (C=O) groups excluding carboxylic acids is 1. The Bertz CT molecular complexity index is 611. The lowest BCUT2D eigenvalue weighted by Gasteiger charge is -2.31. The Hall–Kier alpha value is -1.08. The Morgan fingerprint density at radius 3 is 2.79 bits per heavy atom. The van der Waals surface area contributed by atoms with Crippen molar-refractivity contribution in [3.63, 3.8) is 0 Å². The van der Waals surface area contributed by atoms with Crippen molar-refractivity contribution >= 4 is 42.1 Å². The SMILES string of the molecule is CCNCC1CCN(C(=O)c2cnc(-c3ccco3)s2)CC1.Cl.Cl. The van der Waals surface area contributed by atoms with Crippen LogP contribution in [-0.4, -0.2) is 42.0 Å². The lowest BCUT2D eigenvalue weighted by atomic mass is 9.96. The summed E-state index contributed by atoms with van der Waals surface area (Å²) in [4.78, 5) is 19.5. The highest BCUT2D eigenvalue weighted by atomic mass is 35.5. The second kappa shape index (κ2) is 10.0. The quantitative estimate of drug-likeness (QED) is 0.843. The van der Waals surface area contributed by atoms with Crippen molar-refractivity contribution in [3.8, 4) is 10.8 Å². The predicted molar refractivity (Wildman–Crippen MR) is 101 cm³/mol. The standard InChI is InChI=1S/C16H21N3O2S.2ClH/c1-2-17-10-12-5-7-19(8-6-12)16(20)14-11-18-15(22-14)13-4-3-9-21-13;;/h3-4,9,11-12,17H,2,5-8,10H2,1H3;2*1H. The zero-order valence-corrected chi connectivity index (χ0v) is 16.0. The van der Waals surface area contributed by atoms with E-state index in [1.807, 2.05) is 17.0 Å². The first-order valence-corrected chi connectivity index (χ1v) is 8.59. The molecule has 3 rings (SSSR count). The van der Waals surface area contributed by atoms with Gasteiger partial charge in [-0.05, 0) is 44.0 Å². The van der Waals surface area contributed by atoms with Gasteiger partial charge in [-0.3, -0.25) is 4.79 Å². The molecule has 0 unspecified atom stereocenters. The molecule has 134 valence electrons. The molecule has 0 atom stereocenters. The highest BCUT2D eigenvalue weighted by molar-refractivity contribution is 7.16. The van der Waals surface area contributed by atoms with Crippen LogP contribution in [0.4, 0.5) is 0 Å². The molecule has 2 aromatic heterocycles. The zero-order chi connectivity index (χ0) is 15.4. The smallest absolute Gasteiger partial charge is 0.265 e. The lowest BCUT2D eigenvalue weighted by molar-refractivity contribution is 0.0695. The molecule has 1 aliphatic rings. The van der Waals surface area contributed by atoms with Crippen LogP contribution in [0.3, 0.4) is 0 Å². The largest absolute Gasteiger partial charge is 0.462 e. The van der Waals surface area contributed by atoms with Crippen molar-refractivity contribution in [2.75, 3.05) is 26.2 Å². The van der Waals surface area contributed by atoms with Gasteiger partial charge in [-0.1, -0.05) is 6.92 Å². The van der Waals surface area contributed by atoms with Gasteiger partial charge in [-0.2, -0.15) is 0 Å². The topological polar surface area (TPSA) is 58.4 Å². The number of amides is 1. The highest BCUT2D eigenvalue weighted by Gasteiger charge is 2.25. The molecule has 0 aliphatic carbocycles. The highest BCUT2D eigenvalue weighted by Crippen LogP contribution is 2.27. The second-order valence-corrected chi connectivity index (χ2v) is 6.58. The van der Waals surface area contributed by atoms with Crippen molar-refractivity contribution in [2.24, 2.45) is 5.92 Å². The van der Waals surface area contributed by atoms with Gasteiger partial charge in [0.05, 0.1) is 12.5 Å². The first kappa shape index (κ1) is 21.0. The van der Waals surface area contributed by atoms with Crippen molar-refractivity contribution in [1.29, 1.82) is 0 Å². The zero-order valence-electron chi connectivity index (χ0n) is 13.6. The van der Waals surface area contributed by atoms with E-state index in [0.717, 1.165) is 44.0 Å². The monoisotopic (exact) mass is 391 g/mol. The number of carbonyl (C=O) groups is 1. The average molecular weight is 392 g/mol. The van der Waals surface area contributed by atoms with Crippen LogP contribution in [0.25, 0.3) is 10.8 Å². The van der Waals surface area contributed by atoms with E-state index in [0.29, 0.717) is 16.6 Å². The number of piperidine rings is 1. The van der Waals surface area contributed by atoms with Gasteiger partial charge in [-0.15, -0.1) is 36.2 Å². The van der Waals surface area contributed by atoms with Gasteiger partial charge in [0.15, 0.2) is 10.8 Å². The van der Waals surface area contributed by atoms with Crippen LogP contribution in [-0.2, 0) is 0 Å². The fourth-order valence-corrected chi connectivity index (χ4v) is 3.58. The molecule has 1 fully saturated rings. The van der Waals surface area contributed by atoms with E-state index in [2.05, 4.69) is 17.2 Å². The van der Waals surface area contributed by atoms with Gasteiger partial charge >= 0.3 is 0 Å². The molecule has 2 aromatic rings. The third kappa shape index (κ3) is 4.96. The Kier molecular flexibility index (Phi) is 8.76. The number of nitrogens with zero attached hydrogens (tertiary/aromatic N) is 2. The molecule has 1 N–H and O–H groups in total. The number of nitrogens with one attached hydrogen (secondary N) is 1. The summed E-state index contributed by atoms with van der Waals surface area (Å²) in [5.41, 5.74) is 0. The van der Waals surface area contributed by atoms with Gasteiger partial charge in [0.2, 0.25) is 0 Å². The lowest BCUT2D eigenvalue weighted by Crippen LogP contribution is -2.40. The second-order valence-electron chi connectivity index (χ2n) is 5.55. The number of likely N-dealkylation sites (tertiary alicyclic amines) is 1. The molecule has 0 bridgehead atoms. The third-order valence-corrected chi connectivity index (χ3v) is 5.03. The molecule has 24 heavy (non-hydrogen) atoms. The summed E-state index contributed by atoms with van der Waals surface area (Å²) in [6.45, 7) is 5.86. The molecule has 0 radical (unpaired) electrons. The molecule has 0 spiro atoms. The summed E-state index contributed by atoms with van der Waals surface area (Å²) in [7, 11) is 0. The van der Waals surface area contributed by atoms with E-state index in [-0.39, 0.29) is 30.7 Å². The Labute approximate surface area is 158 Å². The predicted octanol–water partition coefficient (Wildman–Crippen LogP) is 3.71. The van der Waals surface area contributed by atoms with Crippen molar-refractivity contribution < 1.29 is 9.21 Å². The van der Waals surface area contributed by atoms with Crippen molar-refractivity contribution in [3.05, 3.63) is 29.5 Å². The van der Waals surface area contributed by atoms with E-state index < -0.39 is 0 Å². The van der Waals surface area contributed by atoms with Crippen LogP contribution in [0.5, 0.6) is 0 Å². The van der Waals surface area contributed by atoms with Crippen LogP contribution in [0, 0.1) is 5.92 Å². The fraction of sp³-hybridized carbons (Fsp3) is 0.500. The van der Waals surface area contributed by atoms with Crippen LogP contribution in [0.15, 0.2) is 29.0 Å². The molecule has 5 nitrogen and oxygen atoms in total. The minimum absolute atomic E-state index is 0. The van der Waals surface area contributed by atoms with Gasteiger partial charge in [-0.25, -0.2) is 4.98 Å². The molecule has 8 heteroatoms. The molecule has 0 saturated carbocycles. The summed E-state index contributed by atoms with van der Waals surface area (Å²) in [6.07, 6.45) is 5.42. The van der Waals surface area contributed by atoms with E-state index in [9.17, 15) is 4.79 Å². The number of hydrogen-bond donors (Lipinski definition) is 1. The first-order chi connectivity index (χ1) is 10.8. The van der Waals surface area contributed by atoms with Crippen LogP contribution >= 0.6 is 36.2 Å². The molecular formula is C16H23Cl2N3O2S. The number of aromatic nitrogens is 1.